The fourth-order valence-electron chi connectivity index (χ4n) is 4.09. The summed E-state index contributed by atoms with van der Waals surface area (Å²) in [6.45, 7) is 6.59. The Kier molecular flexibility index (Phi) is 5.06. The van der Waals surface area contributed by atoms with E-state index in [-0.39, 0.29) is 5.91 Å². The lowest BCUT2D eigenvalue weighted by Crippen LogP contribution is -2.31. The minimum absolute atomic E-state index is 0.0225. The summed E-state index contributed by atoms with van der Waals surface area (Å²) < 4.78 is 4.97. The molecule has 0 aliphatic carbocycles. The third-order valence-electron chi connectivity index (χ3n) is 5.67. The number of carbonyl (C=O) groups excluding carboxylic acids is 1. The zero-order valence-electron chi connectivity index (χ0n) is 15.4. The molecule has 1 N–H and O–H groups in total. The van der Waals surface area contributed by atoms with Gasteiger partial charge in [0.25, 0.3) is 0 Å². The molecule has 0 spiro atoms. The van der Waals surface area contributed by atoms with Crippen molar-refractivity contribution in [2.75, 3.05) is 36.4 Å². The summed E-state index contributed by atoms with van der Waals surface area (Å²) in [4.78, 5) is 17.2. The number of carbonyl (C=O) groups is 1. The van der Waals surface area contributed by atoms with Crippen LogP contribution in [0.25, 0.3) is 11.0 Å². The maximum absolute atomic E-state index is 12.4. The van der Waals surface area contributed by atoms with E-state index in [0.29, 0.717) is 23.7 Å². The number of aromatic nitrogens is 2. The molecular formula is C19H27N5O2. The summed E-state index contributed by atoms with van der Waals surface area (Å²) in [5.41, 5.74) is 3.09. The Morgan fingerprint density at radius 3 is 2.58 bits per heavy atom. The molecule has 0 radical (unpaired) electrons. The van der Waals surface area contributed by atoms with Crippen molar-refractivity contribution in [1.29, 1.82) is 0 Å². The summed E-state index contributed by atoms with van der Waals surface area (Å²) in [7, 11) is 0. The largest absolute Gasteiger partial charge is 0.370 e. The molecule has 2 aromatic rings. The van der Waals surface area contributed by atoms with Gasteiger partial charge in [-0.05, 0) is 74.6 Å². The molecule has 2 aliphatic heterocycles. The van der Waals surface area contributed by atoms with E-state index in [1.54, 1.807) is 0 Å². The monoisotopic (exact) mass is 357 g/mol. The van der Waals surface area contributed by atoms with Crippen molar-refractivity contribution >= 4 is 28.3 Å². The summed E-state index contributed by atoms with van der Waals surface area (Å²) in [6.07, 6.45) is 6.32. The van der Waals surface area contributed by atoms with Gasteiger partial charge in [0, 0.05) is 25.6 Å². The number of hydrogen-bond acceptors (Lipinski definition) is 6. The van der Waals surface area contributed by atoms with E-state index < -0.39 is 0 Å². The highest BCUT2D eigenvalue weighted by Crippen LogP contribution is 2.32. The minimum Gasteiger partial charge on any atom is -0.370 e. The normalized spacial score (nSPS) is 19.3. The summed E-state index contributed by atoms with van der Waals surface area (Å²) in [6, 6.07) is 4.39. The Bertz CT molecular complexity index is 762. The van der Waals surface area contributed by atoms with Crippen LogP contribution in [-0.4, -0.2) is 53.3 Å². The van der Waals surface area contributed by atoms with Gasteiger partial charge in [0.2, 0.25) is 5.91 Å². The van der Waals surface area contributed by atoms with Crippen LogP contribution in [0.4, 0.5) is 11.4 Å². The Hall–Kier alpha value is -2.15. The summed E-state index contributed by atoms with van der Waals surface area (Å²) in [5.74, 6) is 0.0225. The van der Waals surface area contributed by atoms with Crippen LogP contribution in [0.2, 0.25) is 0 Å². The molecule has 1 unspecified atom stereocenters. The molecule has 2 saturated heterocycles. The number of amides is 1. The van der Waals surface area contributed by atoms with Crippen LogP contribution >= 0.6 is 0 Å². The standard InChI is InChI=1S/C19H27N5O2/c1-14(23-10-2-3-11-23)6-9-17(25)20-15-7-8-16(24-12-4-5-13-24)19-18(15)21-26-22-19/h7-8,14H,2-6,9-13H2,1H3,(H,20,25). The van der Waals surface area contributed by atoms with E-state index in [2.05, 4.69) is 32.4 Å². The third-order valence-corrected chi connectivity index (χ3v) is 5.67. The van der Waals surface area contributed by atoms with E-state index in [0.717, 1.165) is 43.8 Å². The van der Waals surface area contributed by atoms with Gasteiger partial charge in [0.15, 0.2) is 11.0 Å². The van der Waals surface area contributed by atoms with Crippen LogP contribution in [0.15, 0.2) is 16.8 Å². The average molecular weight is 357 g/mol. The second-order valence-corrected chi connectivity index (χ2v) is 7.47. The molecule has 1 aromatic carbocycles. The second kappa shape index (κ2) is 7.61. The highest BCUT2D eigenvalue weighted by atomic mass is 16.6. The fraction of sp³-hybridized carbons (Fsp3) is 0.632. The fourth-order valence-corrected chi connectivity index (χ4v) is 4.09. The Labute approximate surface area is 153 Å². The number of fused-ring (bicyclic) bond motifs is 1. The predicted octanol–water partition coefficient (Wildman–Crippen LogP) is 3.03. The molecule has 1 aromatic heterocycles. The number of anilines is 2. The van der Waals surface area contributed by atoms with Gasteiger partial charge in [-0.15, -0.1) is 0 Å². The lowest BCUT2D eigenvalue weighted by molar-refractivity contribution is -0.116. The quantitative estimate of drug-likeness (QED) is 0.856. The van der Waals surface area contributed by atoms with Gasteiger partial charge in [-0.1, -0.05) is 0 Å². The van der Waals surface area contributed by atoms with Crippen molar-refractivity contribution in [3.63, 3.8) is 0 Å². The van der Waals surface area contributed by atoms with Gasteiger partial charge in [0.1, 0.15) is 0 Å². The van der Waals surface area contributed by atoms with Gasteiger partial charge in [0.05, 0.1) is 11.4 Å². The topological polar surface area (TPSA) is 74.5 Å². The van der Waals surface area contributed by atoms with Gasteiger partial charge in [-0.3, -0.25) is 4.79 Å². The lowest BCUT2D eigenvalue weighted by atomic mass is 10.1. The first-order valence-electron chi connectivity index (χ1n) is 9.76. The predicted molar refractivity (Wildman–Crippen MR) is 101 cm³/mol. The van der Waals surface area contributed by atoms with Crippen molar-refractivity contribution < 1.29 is 9.42 Å². The zero-order chi connectivity index (χ0) is 17.9. The summed E-state index contributed by atoms with van der Waals surface area (Å²) >= 11 is 0. The molecule has 0 bridgehead atoms. The van der Waals surface area contributed by atoms with Crippen LogP contribution in [-0.2, 0) is 4.79 Å². The molecule has 1 amide bonds. The summed E-state index contributed by atoms with van der Waals surface area (Å²) in [5, 5.41) is 11.1. The molecule has 2 aliphatic rings. The van der Waals surface area contributed by atoms with E-state index >= 15 is 0 Å². The maximum atomic E-state index is 12.4. The molecule has 0 saturated carbocycles. The van der Waals surface area contributed by atoms with E-state index in [9.17, 15) is 4.79 Å². The van der Waals surface area contributed by atoms with Crippen LogP contribution in [0, 0.1) is 0 Å². The number of hydrogen-bond donors (Lipinski definition) is 1. The highest BCUT2D eigenvalue weighted by molar-refractivity contribution is 6.02. The molecule has 1 atom stereocenters. The van der Waals surface area contributed by atoms with E-state index in [1.807, 2.05) is 12.1 Å². The van der Waals surface area contributed by atoms with Crippen molar-refractivity contribution in [2.45, 2.75) is 51.5 Å². The molecule has 3 heterocycles. The van der Waals surface area contributed by atoms with Crippen molar-refractivity contribution in [3.8, 4) is 0 Å². The van der Waals surface area contributed by atoms with Crippen LogP contribution in [0.5, 0.6) is 0 Å². The molecule has 2 fully saturated rings. The third kappa shape index (κ3) is 3.53. The average Bonchev–Trinajstić information content (AvgIpc) is 3.41. The lowest BCUT2D eigenvalue weighted by Gasteiger charge is -2.23. The van der Waals surface area contributed by atoms with Crippen LogP contribution < -0.4 is 10.2 Å². The minimum atomic E-state index is 0.0225. The molecular weight excluding hydrogens is 330 g/mol. The highest BCUT2D eigenvalue weighted by Gasteiger charge is 2.21. The molecule has 26 heavy (non-hydrogen) atoms. The van der Waals surface area contributed by atoms with Gasteiger partial charge >= 0.3 is 0 Å². The number of nitrogens with zero attached hydrogens (tertiary/aromatic N) is 4. The maximum Gasteiger partial charge on any atom is 0.224 e. The first kappa shape index (κ1) is 17.3. The number of likely N-dealkylation sites (tertiary alicyclic amines) is 1. The molecule has 4 rings (SSSR count). The molecule has 140 valence electrons. The SMILES string of the molecule is CC(CCC(=O)Nc1ccc(N2CCCC2)c2nonc12)N1CCCC1. The Morgan fingerprint density at radius 2 is 1.81 bits per heavy atom. The van der Waals surface area contributed by atoms with E-state index in [4.69, 9.17) is 4.63 Å². The van der Waals surface area contributed by atoms with Crippen LogP contribution in [0.1, 0.15) is 45.4 Å². The molecule has 7 nitrogen and oxygen atoms in total. The first-order valence-corrected chi connectivity index (χ1v) is 9.76. The number of rotatable bonds is 6. The first-order chi connectivity index (χ1) is 12.7. The van der Waals surface area contributed by atoms with Gasteiger partial charge < -0.3 is 15.1 Å². The smallest absolute Gasteiger partial charge is 0.224 e. The van der Waals surface area contributed by atoms with Gasteiger partial charge in [-0.25, -0.2) is 4.63 Å². The number of benzene rings is 1. The number of nitrogens with one attached hydrogen (secondary N) is 1. The van der Waals surface area contributed by atoms with Gasteiger partial charge in [-0.2, -0.15) is 0 Å². The van der Waals surface area contributed by atoms with Crippen molar-refractivity contribution in [3.05, 3.63) is 12.1 Å². The zero-order valence-corrected chi connectivity index (χ0v) is 15.4. The van der Waals surface area contributed by atoms with Crippen LogP contribution in [0.3, 0.4) is 0 Å². The van der Waals surface area contributed by atoms with Crippen molar-refractivity contribution in [2.24, 2.45) is 0 Å². The second-order valence-electron chi connectivity index (χ2n) is 7.47. The Morgan fingerprint density at radius 1 is 1.12 bits per heavy atom. The Balaban J connectivity index is 1.41. The van der Waals surface area contributed by atoms with E-state index in [1.165, 1.54) is 25.7 Å². The van der Waals surface area contributed by atoms with Crippen molar-refractivity contribution in [1.82, 2.24) is 15.2 Å². The molecule has 7 heteroatoms.